The summed E-state index contributed by atoms with van der Waals surface area (Å²) in [5.74, 6) is -0.316. The molecular weight excluding hydrogens is 318 g/mol. The third kappa shape index (κ3) is 2.26. The van der Waals surface area contributed by atoms with Crippen LogP contribution in [-0.4, -0.2) is 0 Å². The van der Waals surface area contributed by atoms with E-state index < -0.39 is 0 Å². The molecule has 0 N–H and O–H groups in total. The molecule has 3 aromatic carbocycles. The van der Waals surface area contributed by atoms with Gasteiger partial charge in [0.2, 0.25) is 0 Å². The molecule has 0 aliphatic rings. The molecule has 0 aromatic heterocycles. The summed E-state index contributed by atoms with van der Waals surface area (Å²) >= 11 is 18.0. The van der Waals surface area contributed by atoms with E-state index in [1.165, 1.54) is 6.07 Å². The van der Waals surface area contributed by atoms with E-state index in [1.54, 1.807) is 24.3 Å². The first kappa shape index (κ1) is 13.7. The van der Waals surface area contributed by atoms with Crippen molar-refractivity contribution >= 4 is 45.6 Å². The summed E-state index contributed by atoms with van der Waals surface area (Å²) < 4.78 is 14.6. The SMILES string of the molecule is Fc1c(-c2cc(Cl)c(Cl)cc2Cl)ccc2ccccc12. The van der Waals surface area contributed by atoms with Crippen molar-refractivity contribution in [1.82, 2.24) is 0 Å². The minimum atomic E-state index is -0.316. The summed E-state index contributed by atoms with van der Waals surface area (Å²) in [6, 6.07) is 13.9. The van der Waals surface area contributed by atoms with Gasteiger partial charge in [-0.15, -0.1) is 0 Å². The zero-order valence-corrected chi connectivity index (χ0v) is 12.4. The number of hydrogen-bond donors (Lipinski definition) is 0. The Morgan fingerprint density at radius 2 is 1.40 bits per heavy atom. The zero-order chi connectivity index (χ0) is 14.3. The predicted molar refractivity (Wildman–Crippen MR) is 84.4 cm³/mol. The smallest absolute Gasteiger partial charge is 0.138 e. The van der Waals surface area contributed by atoms with E-state index in [0.717, 1.165) is 5.39 Å². The normalized spacial score (nSPS) is 11.0. The molecule has 100 valence electrons. The highest BCUT2D eigenvalue weighted by molar-refractivity contribution is 6.44. The second kappa shape index (κ2) is 5.25. The lowest BCUT2D eigenvalue weighted by molar-refractivity contribution is 0.643. The van der Waals surface area contributed by atoms with Gasteiger partial charge in [-0.25, -0.2) is 4.39 Å². The third-order valence-corrected chi connectivity index (χ3v) is 4.20. The maximum Gasteiger partial charge on any atom is 0.138 e. The first-order valence-electron chi connectivity index (χ1n) is 5.90. The predicted octanol–water partition coefficient (Wildman–Crippen LogP) is 6.61. The number of fused-ring (bicyclic) bond motifs is 1. The van der Waals surface area contributed by atoms with E-state index in [2.05, 4.69) is 0 Å². The lowest BCUT2D eigenvalue weighted by Gasteiger charge is -2.10. The number of hydrogen-bond acceptors (Lipinski definition) is 0. The molecule has 3 aromatic rings. The van der Waals surface area contributed by atoms with E-state index in [9.17, 15) is 4.39 Å². The molecule has 0 heterocycles. The van der Waals surface area contributed by atoms with Crippen LogP contribution in [0.5, 0.6) is 0 Å². The highest BCUT2D eigenvalue weighted by Gasteiger charge is 2.14. The van der Waals surface area contributed by atoms with Crippen molar-refractivity contribution in [1.29, 1.82) is 0 Å². The molecule has 4 heteroatoms. The van der Waals surface area contributed by atoms with Crippen LogP contribution in [0.2, 0.25) is 15.1 Å². The Balaban J connectivity index is 2.30. The fourth-order valence-corrected chi connectivity index (χ4v) is 2.82. The molecule has 0 saturated carbocycles. The molecular formula is C16H8Cl3F. The number of rotatable bonds is 1. The first-order valence-corrected chi connectivity index (χ1v) is 7.03. The largest absolute Gasteiger partial charge is 0.206 e. The van der Waals surface area contributed by atoms with Crippen LogP contribution in [0, 0.1) is 5.82 Å². The maximum atomic E-state index is 14.6. The highest BCUT2D eigenvalue weighted by atomic mass is 35.5. The Morgan fingerprint density at radius 3 is 2.20 bits per heavy atom. The summed E-state index contributed by atoms with van der Waals surface area (Å²) in [4.78, 5) is 0. The molecule has 0 nitrogen and oxygen atoms in total. The van der Waals surface area contributed by atoms with Crippen molar-refractivity contribution in [2.75, 3.05) is 0 Å². The standard InChI is InChI=1S/C16H8Cl3F/c17-13-8-15(19)14(18)7-12(13)11-6-5-9-3-1-2-4-10(9)16(11)20/h1-8H. The van der Waals surface area contributed by atoms with Gasteiger partial charge in [0, 0.05) is 16.5 Å². The molecule has 0 radical (unpaired) electrons. The van der Waals surface area contributed by atoms with E-state index in [4.69, 9.17) is 34.8 Å². The summed E-state index contributed by atoms with van der Waals surface area (Å²) in [6.07, 6.45) is 0. The Hall–Kier alpha value is -1.28. The van der Waals surface area contributed by atoms with Gasteiger partial charge in [-0.1, -0.05) is 71.2 Å². The first-order chi connectivity index (χ1) is 9.58. The van der Waals surface area contributed by atoms with Gasteiger partial charge in [0.1, 0.15) is 5.82 Å². The van der Waals surface area contributed by atoms with E-state index in [0.29, 0.717) is 31.6 Å². The summed E-state index contributed by atoms with van der Waals surface area (Å²) in [5.41, 5.74) is 0.941. The van der Waals surface area contributed by atoms with Crippen LogP contribution in [0.15, 0.2) is 48.5 Å². The molecule has 0 atom stereocenters. The van der Waals surface area contributed by atoms with Crippen LogP contribution >= 0.6 is 34.8 Å². The summed E-state index contributed by atoms with van der Waals surface area (Å²) in [7, 11) is 0. The zero-order valence-electron chi connectivity index (χ0n) is 10.1. The van der Waals surface area contributed by atoms with Crippen molar-refractivity contribution in [2.45, 2.75) is 0 Å². The molecule has 0 bridgehead atoms. The van der Waals surface area contributed by atoms with Crippen LogP contribution in [0.4, 0.5) is 4.39 Å². The number of benzene rings is 3. The Labute approximate surface area is 130 Å². The molecule has 0 aliphatic heterocycles. The average Bonchev–Trinajstić information content (AvgIpc) is 2.44. The number of halogens is 4. The Bertz CT molecular complexity index is 812. The Kier molecular flexibility index (Phi) is 3.59. The molecule has 20 heavy (non-hydrogen) atoms. The topological polar surface area (TPSA) is 0 Å². The van der Waals surface area contributed by atoms with E-state index >= 15 is 0 Å². The van der Waals surface area contributed by atoms with Crippen molar-refractivity contribution in [3.05, 3.63) is 69.4 Å². The monoisotopic (exact) mass is 324 g/mol. The van der Waals surface area contributed by atoms with Gasteiger partial charge in [0.15, 0.2) is 0 Å². The Morgan fingerprint density at radius 1 is 0.700 bits per heavy atom. The quantitative estimate of drug-likeness (QED) is 0.442. The maximum absolute atomic E-state index is 14.6. The van der Waals surface area contributed by atoms with Gasteiger partial charge >= 0.3 is 0 Å². The fraction of sp³-hybridized carbons (Fsp3) is 0. The van der Waals surface area contributed by atoms with Gasteiger partial charge < -0.3 is 0 Å². The van der Waals surface area contributed by atoms with Gasteiger partial charge in [-0.3, -0.25) is 0 Å². The van der Waals surface area contributed by atoms with Crippen molar-refractivity contribution in [2.24, 2.45) is 0 Å². The van der Waals surface area contributed by atoms with Crippen molar-refractivity contribution in [3.63, 3.8) is 0 Å². The molecule has 0 saturated heterocycles. The van der Waals surface area contributed by atoms with Crippen LogP contribution in [0.1, 0.15) is 0 Å². The van der Waals surface area contributed by atoms with Crippen molar-refractivity contribution in [3.8, 4) is 11.1 Å². The molecule has 0 unspecified atom stereocenters. The summed E-state index contributed by atoms with van der Waals surface area (Å²) in [5, 5.41) is 2.45. The fourth-order valence-electron chi connectivity index (χ4n) is 2.17. The van der Waals surface area contributed by atoms with Gasteiger partial charge in [-0.05, 0) is 17.5 Å². The van der Waals surface area contributed by atoms with Crippen LogP contribution in [-0.2, 0) is 0 Å². The average molecular weight is 326 g/mol. The van der Waals surface area contributed by atoms with E-state index in [1.807, 2.05) is 18.2 Å². The van der Waals surface area contributed by atoms with Gasteiger partial charge in [0.25, 0.3) is 0 Å². The lowest BCUT2D eigenvalue weighted by Crippen LogP contribution is -1.88. The third-order valence-electron chi connectivity index (χ3n) is 3.16. The molecule has 3 rings (SSSR count). The summed E-state index contributed by atoms with van der Waals surface area (Å²) in [6.45, 7) is 0. The van der Waals surface area contributed by atoms with Crippen LogP contribution in [0.25, 0.3) is 21.9 Å². The molecule has 0 fully saturated rings. The second-order valence-electron chi connectivity index (χ2n) is 4.39. The van der Waals surface area contributed by atoms with Crippen LogP contribution in [0.3, 0.4) is 0 Å². The van der Waals surface area contributed by atoms with Crippen LogP contribution < -0.4 is 0 Å². The molecule has 0 spiro atoms. The highest BCUT2D eigenvalue weighted by Crippen LogP contribution is 2.37. The second-order valence-corrected chi connectivity index (χ2v) is 5.62. The van der Waals surface area contributed by atoms with Gasteiger partial charge in [-0.2, -0.15) is 0 Å². The minimum absolute atomic E-state index is 0.316. The lowest BCUT2D eigenvalue weighted by atomic mass is 10.0. The molecule has 0 aliphatic carbocycles. The minimum Gasteiger partial charge on any atom is -0.206 e. The van der Waals surface area contributed by atoms with Gasteiger partial charge in [0.05, 0.1) is 15.1 Å². The molecule has 0 amide bonds. The van der Waals surface area contributed by atoms with E-state index in [-0.39, 0.29) is 5.82 Å². The van der Waals surface area contributed by atoms with Crippen molar-refractivity contribution < 1.29 is 4.39 Å².